The Balaban J connectivity index is 1.19. The lowest BCUT2D eigenvalue weighted by atomic mass is 9.87. The summed E-state index contributed by atoms with van der Waals surface area (Å²) in [5, 5.41) is 7.39. The van der Waals surface area contributed by atoms with Crippen LogP contribution in [0.5, 0.6) is 0 Å². The average Bonchev–Trinajstić information content (AvgIpc) is 3.93. The number of nitrogens with zero attached hydrogens (tertiary/aromatic N) is 4. The van der Waals surface area contributed by atoms with Crippen molar-refractivity contribution in [1.82, 2.24) is 18.7 Å². The highest BCUT2D eigenvalue weighted by Crippen LogP contribution is 2.43. The van der Waals surface area contributed by atoms with Gasteiger partial charge in [0.1, 0.15) is 0 Å². The number of hydrogen-bond donors (Lipinski definition) is 0. The molecule has 0 saturated carbocycles. The van der Waals surface area contributed by atoms with Crippen LogP contribution < -0.4 is 0 Å². The maximum atomic E-state index is 4.72. The topological polar surface area (TPSA) is 27.7 Å². The van der Waals surface area contributed by atoms with Gasteiger partial charge in [-0.3, -0.25) is 4.98 Å². The molecule has 0 amide bonds. The quantitative estimate of drug-likeness (QED) is 0.171. The fourth-order valence-corrected chi connectivity index (χ4v) is 9.67. The van der Waals surface area contributed by atoms with Crippen molar-refractivity contribution in [2.24, 2.45) is 0 Å². The van der Waals surface area contributed by atoms with Crippen molar-refractivity contribution in [2.45, 2.75) is 26.2 Å². The normalized spacial score (nSPS) is 12.2. The van der Waals surface area contributed by atoms with Crippen molar-refractivity contribution in [1.29, 1.82) is 0 Å². The van der Waals surface area contributed by atoms with E-state index in [1.54, 1.807) is 0 Å². The number of rotatable bonds is 5. The molecular formula is C57H42N4. The molecule has 0 saturated heterocycles. The Bertz CT molecular complexity index is 3600. The van der Waals surface area contributed by atoms with Gasteiger partial charge in [0.15, 0.2) is 0 Å². The monoisotopic (exact) mass is 782 g/mol. The van der Waals surface area contributed by atoms with E-state index in [9.17, 15) is 0 Å². The van der Waals surface area contributed by atoms with Crippen LogP contribution in [0.25, 0.3) is 105 Å². The molecule has 4 aromatic heterocycles. The lowest BCUT2D eigenvalue weighted by Gasteiger charge is -2.19. The predicted octanol–water partition coefficient (Wildman–Crippen LogP) is 15.0. The van der Waals surface area contributed by atoms with Crippen molar-refractivity contribution in [3.05, 3.63) is 206 Å². The Morgan fingerprint density at radius 1 is 0.328 bits per heavy atom. The third-order valence-corrected chi connectivity index (χ3v) is 12.6. The van der Waals surface area contributed by atoms with E-state index < -0.39 is 0 Å². The van der Waals surface area contributed by atoms with E-state index >= 15 is 0 Å². The highest BCUT2D eigenvalue weighted by atomic mass is 15.0. The third kappa shape index (κ3) is 5.56. The minimum absolute atomic E-state index is 0.0477. The molecule has 0 atom stereocenters. The molecule has 0 unspecified atom stereocenters. The number of fused-ring (bicyclic) bond motifs is 9. The number of pyridine rings is 1. The van der Waals surface area contributed by atoms with E-state index in [4.69, 9.17) is 4.98 Å². The van der Waals surface area contributed by atoms with Crippen LogP contribution in [0.2, 0.25) is 0 Å². The molecule has 61 heavy (non-hydrogen) atoms. The van der Waals surface area contributed by atoms with E-state index in [1.807, 2.05) is 12.3 Å². The van der Waals surface area contributed by atoms with E-state index in [2.05, 4.69) is 223 Å². The van der Waals surface area contributed by atoms with Crippen LogP contribution in [0.1, 0.15) is 26.3 Å². The number of para-hydroxylation sites is 2. The van der Waals surface area contributed by atoms with Crippen LogP contribution in [0, 0.1) is 0 Å². The largest absolute Gasteiger partial charge is 0.309 e. The van der Waals surface area contributed by atoms with Crippen LogP contribution in [-0.2, 0) is 5.41 Å². The van der Waals surface area contributed by atoms with Gasteiger partial charge >= 0.3 is 0 Å². The van der Waals surface area contributed by atoms with Gasteiger partial charge in [0.05, 0.1) is 38.8 Å². The van der Waals surface area contributed by atoms with Gasteiger partial charge in [0.2, 0.25) is 0 Å². The second kappa shape index (κ2) is 13.4. The molecule has 0 aliphatic heterocycles. The highest BCUT2D eigenvalue weighted by Gasteiger charge is 2.22. The molecule has 290 valence electrons. The van der Waals surface area contributed by atoms with Gasteiger partial charge in [0.25, 0.3) is 0 Å². The van der Waals surface area contributed by atoms with Crippen LogP contribution in [0.3, 0.4) is 0 Å². The van der Waals surface area contributed by atoms with Gasteiger partial charge in [-0.1, -0.05) is 124 Å². The number of hydrogen-bond acceptors (Lipinski definition) is 1. The molecule has 0 aliphatic rings. The van der Waals surface area contributed by atoms with Gasteiger partial charge in [-0.25, -0.2) is 0 Å². The lowest BCUT2D eigenvalue weighted by molar-refractivity contribution is 0.590. The first-order chi connectivity index (χ1) is 29.9. The molecule has 0 spiro atoms. The third-order valence-electron chi connectivity index (χ3n) is 12.6. The SMILES string of the molecule is CC(C)(C)c1ccc(-n2c3ccc(-n4c5ccccc5c5ccccc54)cc3c3cc4c5cc(-c6ccccc6)ccc5n(-c5cccc(-c6ccccn6)c5)c4cc32)cc1. The standard InChI is InChI=1S/C57H42N4/c1-57(2,3)40-24-26-41(27-25-40)59-54-30-28-43(60-51-21-9-7-18-44(51)45-19-8-10-22-52(45)60)34-47(54)49-35-48-46-33-38(37-14-5-4-6-15-37)23-29-53(46)61(56(48)36-55(49)59)42-17-13-16-39(32-42)50-20-11-12-31-58-50/h4-36H,1-3H3. The fraction of sp³-hybridized carbons (Fsp3) is 0.0702. The van der Waals surface area contributed by atoms with Crippen molar-refractivity contribution >= 4 is 65.4 Å². The second-order valence-electron chi connectivity index (χ2n) is 17.3. The van der Waals surface area contributed by atoms with Gasteiger partial charge in [-0.05, 0) is 113 Å². The smallest absolute Gasteiger partial charge is 0.0702 e. The summed E-state index contributed by atoms with van der Waals surface area (Å²) in [5.41, 5.74) is 16.3. The van der Waals surface area contributed by atoms with Gasteiger partial charge in [-0.2, -0.15) is 0 Å². The first-order valence-corrected chi connectivity index (χ1v) is 21.1. The summed E-state index contributed by atoms with van der Waals surface area (Å²) in [5.74, 6) is 0. The summed E-state index contributed by atoms with van der Waals surface area (Å²) in [6, 6.07) is 71.2. The molecule has 4 heteroatoms. The molecular weight excluding hydrogens is 741 g/mol. The molecule has 8 aromatic carbocycles. The summed E-state index contributed by atoms with van der Waals surface area (Å²) in [4.78, 5) is 4.72. The van der Waals surface area contributed by atoms with Gasteiger partial charge < -0.3 is 13.7 Å². The molecule has 0 N–H and O–H groups in total. The summed E-state index contributed by atoms with van der Waals surface area (Å²) in [7, 11) is 0. The minimum atomic E-state index is 0.0477. The molecule has 0 aliphatic carbocycles. The Morgan fingerprint density at radius 3 is 1.56 bits per heavy atom. The molecule has 0 fully saturated rings. The first kappa shape index (κ1) is 35.3. The lowest BCUT2D eigenvalue weighted by Crippen LogP contribution is -2.10. The summed E-state index contributed by atoms with van der Waals surface area (Å²) in [6.07, 6.45) is 1.86. The zero-order chi connectivity index (χ0) is 40.8. The summed E-state index contributed by atoms with van der Waals surface area (Å²) in [6.45, 7) is 6.83. The Labute approximate surface area is 354 Å². The van der Waals surface area contributed by atoms with Crippen LogP contribution in [0.4, 0.5) is 0 Å². The fourth-order valence-electron chi connectivity index (χ4n) is 9.67. The molecule has 12 rings (SSSR count). The average molecular weight is 783 g/mol. The van der Waals surface area contributed by atoms with Crippen molar-refractivity contribution in [2.75, 3.05) is 0 Å². The zero-order valence-corrected chi connectivity index (χ0v) is 34.3. The number of aromatic nitrogens is 4. The van der Waals surface area contributed by atoms with Gasteiger partial charge in [-0.15, -0.1) is 0 Å². The highest BCUT2D eigenvalue weighted by molar-refractivity contribution is 6.20. The second-order valence-corrected chi connectivity index (χ2v) is 17.3. The van der Waals surface area contributed by atoms with E-state index in [-0.39, 0.29) is 5.41 Å². The molecule has 0 bridgehead atoms. The van der Waals surface area contributed by atoms with E-state index in [1.165, 1.54) is 71.1 Å². The van der Waals surface area contributed by atoms with Crippen LogP contribution in [0.15, 0.2) is 200 Å². The predicted molar refractivity (Wildman–Crippen MR) is 257 cm³/mol. The molecule has 4 heterocycles. The summed E-state index contributed by atoms with van der Waals surface area (Å²) < 4.78 is 7.34. The maximum Gasteiger partial charge on any atom is 0.0702 e. The maximum absolute atomic E-state index is 4.72. The van der Waals surface area contributed by atoms with Crippen LogP contribution >= 0.6 is 0 Å². The first-order valence-electron chi connectivity index (χ1n) is 21.1. The van der Waals surface area contributed by atoms with Crippen molar-refractivity contribution < 1.29 is 0 Å². The molecule has 12 aromatic rings. The summed E-state index contributed by atoms with van der Waals surface area (Å²) >= 11 is 0. The van der Waals surface area contributed by atoms with Crippen molar-refractivity contribution in [3.8, 4) is 39.4 Å². The Morgan fingerprint density at radius 2 is 0.869 bits per heavy atom. The number of benzene rings is 8. The minimum Gasteiger partial charge on any atom is -0.309 e. The Hall–Kier alpha value is -7.69. The van der Waals surface area contributed by atoms with Crippen molar-refractivity contribution in [3.63, 3.8) is 0 Å². The van der Waals surface area contributed by atoms with Crippen LogP contribution in [-0.4, -0.2) is 18.7 Å². The Kier molecular flexibility index (Phi) is 7.76. The molecule has 4 nitrogen and oxygen atoms in total. The zero-order valence-electron chi connectivity index (χ0n) is 34.3. The van der Waals surface area contributed by atoms with E-state index in [0.717, 1.165) is 39.4 Å². The molecule has 0 radical (unpaired) electrons. The van der Waals surface area contributed by atoms with E-state index in [0.29, 0.717) is 0 Å². The van der Waals surface area contributed by atoms with Gasteiger partial charge in [0, 0.05) is 61.1 Å².